The van der Waals surface area contributed by atoms with E-state index < -0.39 is 41.3 Å². The number of rotatable bonds is 6. The van der Waals surface area contributed by atoms with E-state index in [9.17, 15) is 31.7 Å². The normalized spacial score (nSPS) is 15.7. The molecule has 1 N–H and O–H groups in total. The Morgan fingerprint density at radius 3 is 2.09 bits per heavy atom. The standard InChI is InChI=1S/C20H23N3O7S2/c1-31(27,28)19-11-6-15(14-18(19)23(25)26)20(24)21-16-7-9-17(10-8-16)32(29,30)22-12-4-2-3-5-13-22/h6-11,14H,2-5,12-13H2,1H3,(H,21,24). The van der Waals surface area contributed by atoms with Gasteiger partial charge in [-0.3, -0.25) is 14.9 Å². The van der Waals surface area contributed by atoms with Crippen molar-refractivity contribution in [3.63, 3.8) is 0 Å². The quantitative estimate of drug-likeness (QED) is 0.493. The lowest BCUT2D eigenvalue weighted by Gasteiger charge is -2.20. The van der Waals surface area contributed by atoms with Gasteiger partial charge in [0.2, 0.25) is 10.0 Å². The zero-order chi connectivity index (χ0) is 23.5. The van der Waals surface area contributed by atoms with Crippen LogP contribution in [0.4, 0.5) is 11.4 Å². The fraction of sp³-hybridized carbons (Fsp3) is 0.350. The van der Waals surface area contributed by atoms with E-state index in [-0.39, 0.29) is 10.5 Å². The number of carbonyl (C=O) groups excluding carboxylic acids is 1. The van der Waals surface area contributed by atoms with E-state index in [1.807, 2.05) is 0 Å². The number of nitro benzene ring substituents is 1. The lowest BCUT2D eigenvalue weighted by atomic mass is 10.2. The van der Waals surface area contributed by atoms with E-state index in [0.717, 1.165) is 44.1 Å². The number of sulfone groups is 1. The predicted molar refractivity (Wildman–Crippen MR) is 118 cm³/mol. The molecule has 172 valence electrons. The van der Waals surface area contributed by atoms with Crippen LogP contribution in [0.1, 0.15) is 36.0 Å². The summed E-state index contributed by atoms with van der Waals surface area (Å²) in [6, 6.07) is 8.74. The average Bonchev–Trinajstić information content (AvgIpc) is 3.03. The van der Waals surface area contributed by atoms with Crippen molar-refractivity contribution >= 4 is 37.1 Å². The highest BCUT2D eigenvalue weighted by Gasteiger charge is 2.26. The molecular weight excluding hydrogens is 458 g/mol. The monoisotopic (exact) mass is 481 g/mol. The van der Waals surface area contributed by atoms with Gasteiger partial charge in [-0.25, -0.2) is 16.8 Å². The summed E-state index contributed by atoms with van der Waals surface area (Å²) in [7, 11) is -7.47. The van der Waals surface area contributed by atoms with Gasteiger partial charge in [0.1, 0.15) is 4.90 Å². The molecule has 10 nitrogen and oxygen atoms in total. The Hall–Kier alpha value is -2.83. The molecule has 0 saturated carbocycles. The minimum atomic E-state index is -3.84. The van der Waals surface area contributed by atoms with Gasteiger partial charge in [-0.2, -0.15) is 4.31 Å². The first-order valence-electron chi connectivity index (χ1n) is 9.90. The number of hydrogen-bond donors (Lipinski definition) is 1. The van der Waals surface area contributed by atoms with Crippen LogP contribution in [0.5, 0.6) is 0 Å². The lowest BCUT2D eigenvalue weighted by Crippen LogP contribution is -2.31. The maximum Gasteiger partial charge on any atom is 0.288 e. The SMILES string of the molecule is CS(=O)(=O)c1ccc(C(=O)Nc2ccc(S(=O)(=O)N3CCCCCC3)cc2)cc1[N+](=O)[O-]. The van der Waals surface area contributed by atoms with Crippen LogP contribution in [0.2, 0.25) is 0 Å². The zero-order valence-corrected chi connectivity index (χ0v) is 19.0. The van der Waals surface area contributed by atoms with Gasteiger partial charge < -0.3 is 5.32 Å². The first-order chi connectivity index (χ1) is 15.0. The molecule has 1 amide bonds. The molecule has 1 aliphatic heterocycles. The topological polar surface area (TPSA) is 144 Å². The van der Waals surface area contributed by atoms with E-state index in [1.54, 1.807) is 0 Å². The smallest absolute Gasteiger partial charge is 0.288 e. The Labute approximate surface area is 186 Å². The van der Waals surface area contributed by atoms with Gasteiger partial charge in [0.05, 0.1) is 9.82 Å². The van der Waals surface area contributed by atoms with Crippen LogP contribution in [-0.4, -0.2) is 51.3 Å². The number of carbonyl (C=O) groups is 1. The number of sulfonamides is 1. The summed E-state index contributed by atoms with van der Waals surface area (Å²) in [5.41, 5.74) is -0.510. The minimum Gasteiger partial charge on any atom is -0.322 e. The Balaban J connectivity index is 1.79. The third-order valence-corrected chi connectivity index (χ3v) is 8.19. The van der Waals surface area contributed by atoms with Gasteiger partial charge in [0.25, 0.3) is 11.6 Å². The van der Waals surface area contributed by atoms with Gasteiger partial charge in [-0.1, -0.05) is 12.8 Å². The van der Waals surface area contributed by atoms with Crippen LogP contribution in [-0.2, 0) is 19.9 Å². The molecule has 1 fully saturated rings. The summed E-state index contributed by atoms with van der Waals surface area (Å²) in [4.78, 5) is 22.5. The second-order valence-corrected chi connectivity index (χ2v) is 11.4. The first kappa shape index (κ1) is 23.8. The van der Waals surface area contributed by atoms with Crippen LogP contribution in [0, 0.1) is 10.1 Å². The summed E-state index contributed by atoms with van der Waals surface area (Å²) < 4.78 is 50.6. The molecule has 0 spiro atoms. The van der Waals surface area contributed by atoms with Crippen molar-refractivity contribution in [2.75, 3.05) is 24.7 Å². The van der Waals surface area contributed by atoms with E-state index >= 15 is 0 Å². The Kier molecular flexibility index (Phi) is 6.96. The highest BCUT2D eigenvalue weighted by Crippen LogP contribution is 2.26. The fourth-order valence-electron chi connectivity index (χ4n) is 3.46. The number of amides is 1. The Bertz CT molecular complexity index is 1230. The molecule has 0 aromatic heterocycles. The van der Waals surface area contributed by atoms with Crippen LogP contribution in [0.15, 0.2) is 52.3 Å². The molecule has 1 saturated heterocycles. The zero-order valence-electron chi connectivity index (χ0n) is 17.4. The summed E-state index contributed by atoms with van der Waals surface area (Å²) in [6.07, 6.45) is 4.48. The summed E-state index contributed by atoms with van der Waals surface area (Å²) >= 11 is 0. The molecule has 0 aliphatic carbocycles. The highest BCUT2D eigenvalue weighted by atomic mass is 32.2. The largest absolute Gasteiger partial charge is 0.322 e. The van der Waals surface area contributed by atoms with Gasteiger partial charge in [0, 0.05) is 36.7 Å². The van der Waals surface area contributed by atoms with Crippen molar-refractivity contribution in [3.05, 3.63) is 58.1 Å². The number of nitro groups is 1. The van der Waals surface area contributed by atoms with Crippen molar-refractivity contribution in [1.82, 2.24) is 4.31 Å². The van der Waals surface area contributed by atoms with Gasteiger partial charge >= 0.3 is 0 Å². The molecule has 12 heteroatoms. The summed E-state index contributed by atoms with van der Waals surface area (Å²) in [6.45, 7) is 0.951. The van der Waals surface area contributed by atoms with E-state index in [1.165, 1.54) is 34.6 Å². The molecule has 0 bridgehead atoms. The molecule has 2 aromatic rings. The summed E-state index contributed by atoms with van der Waals surface area (Å²) in [5, 5.41) is 13.8. The van der Waals surface area contributed by atoms with Gasteiger partial charge in [-0.05, 0) is 49.2 Å². The lowest BCUT2D eigenvalue weighted by molar-refractivity contribution is -0.387. The molecule has 0 unspecified atom stereocenters. The van der Waals surface area contributed by atoms with E-state index in [2.05, 4.69) is 5.32 Å². The Morgan fingerprint density at radius 1 is 0.969 bits per heavy atom. The fourth-order valence-corrected chi connectivity index (χ4v) is 5.81. The molecule has 0 atom stereocenters. The maximum atomic E-state index is 12.8. The van der Waals surface area contributed by atoms with Gasteiger partial charge in [0.15, 0.2) is 9.84 Å². The van der Waals surface area contributed by atoms with E-state index in [4.69, 9.17) is 0 Å². The second-order valence-electron chi connectivity index (χ2n) is 7.51. The second kappa shape index (κ2) is 9.35. The molecule has 1 aliphatic rings. The molecule has 3 rings (SSSR count). The number of hydrogen-bond acceptors (Lipinski definition) is 7. The van der Waals surface area contributed by atoms with Crippen molar-refractivity contribution in [2.45, 2.75) is 35.5 Å². The number of anilines is 1. The summed E-state index contributed by atoms with van der Waals surface area (Å²) in [5.74, 6) is -0.698. The average molecular weight is 482 g/mol. The maximum absolute atomic E-state index is 12.8. The first-order valence-corrected chi connectivity index (χ1v) is 13.2. The predicted octanol–water partition coefficient (Wildman–Crippen LogP) is 2.82. The van der Waals surface area contributed by atoms with Crippen LogP contribution in [0.25, 0.3) is 0 Å². The molecule has 32 heavy (non-hydrogen) atoms. The third kappa shape index (κ3) is 5.31. The third-order valence-electron chi connectivity index (χ3n) is 5.13. The van der Waals surface area contributed by atoms with Crippen LogP contribution < -0.4 is 5.32 Å². The van der Waals surface area contributed by atoms with E-state index in [0.29, 0.717) is 18.8 Å². The van der Waals surface area contributed by atoms with Gasteiger partial charge in [-0.15, -0.1) is 0 Å². The molecule has 1 heterocycles. The van der Waals surface area contributed by atoms with Crippen LogP contribution >= 0.6 is 0 Å². The highest BCUT2D eigenvalue weighted by molar-refractivity contribution is 7.90. The molecule has 2 aromatic carbocycles. The van der Waals surface area contributed by atoms with Crippen molar-refractivity contribution in [1.29, 1.82) is 0 Å². The van der Waals surface area contributed by atoms with Crippen molar-refractivity contribution in [2.24, 2.45) is 0 Å². The number of benzene rings is 2. The van der Waals surface area contributed by atoms with Crippen LogP contribution in [0.3, 0.4) is 0 Å². The van der Waals surface area contributed by atoms with Crippen molar-refractivity contribution < 1.29 is 26.6 Å². The Morgan fingerprint density at radius 2 is 1.56 bits per heavy atom. The molecular formula is C20H23N3O7S2. The van der Waals surface area contributed by atoms with Crippen molar-refractivity contribution in [3.8, 4) is 0 Å². The minimum absolute atomic E-state index is 0.106. The number of nitrogens with one attached hydrogen (secondary N) is 1. The number of nitrogens with zero attached hydrogens (tertiary/aromatic N) is 2. The molecule has 0 radical (unpaired) electrons.